The molecule has 3 fully saturated rings. The van der Waals surface area contributed by atoms with Gasteiger partial charge in [0.1, 0.15) is 17.7 Å². The number of fused-ring (bicyclic) bond motifs is 3. The second-order valence-corrected chi connectivity index (χ2v) is 20.5. The smallest absolute Gasteiger partial charge is 0.332 e. The minimum absolute atomic E-state index is 0.0611. The summed E-state index contributed by atoms with van der Waals surface area (Å²) in [7, 11) is 6.27. The fourth-order valence-electron chi connectivity index (χ4n) is 10.8. The van der Waals surface area contributed by atoms with Crippen molar-refractivity contribution < 1.29 is 57.8 Å². The third-order valence-electron chi connectivity index (χ3n) is 15.4. The number of carbonyl (C=O) groups is 4. The van der Waals surface area contributed by atoms with Crippen molar-refractivity contribution in [2.24, 2.45) is 35.5 Å². The van der Waals surface area contributed by atoms with Crippen LogP contribution in [0.15, 0.2) is 47.6 Å². The summed E-state index contributed by atoms with van der Waals surface area (Å²) in [5, 5.41) is 22.0. The molecule has 3 aliphatic heterocycles. The number of esters is 1. The van der Waals surface area contributed by atoms with Gasteiger partial charge in [0.2, 0.25) is 5.91 Å². The fourth-order valence-corrected chi connectivity index (χ4v) is 10.8. The minimum Gasteiger partial charge on any atom is -0.460 e. The van der Waals surface area contributed by atoms with Gasteiger partial charge in [-0.3, -0.25) is 14.4 Å². The number of piperidine rings is 1. The lowest BCUT2D eigenvalue weighted by Gasteiger charge is -2.48. The average Bonchev–Trinajstić information content (AvgIpc) is 3.28. The summed E-state index contributed by atoms with van der Waals surface area (Å²) in [5.41, 5.74) is 0.0664. The highest BCUT2D eigenvalue weighted by atomic mass is 16.7. The van der Waals surface area contributed by atoms with Gasteiger partial charge in [-0.05, 0) is 114 Å². The highest BCUT2D eigenvalue weighted by Crippen LogP contribution is 2.42. The zero-order valence-electron chi connectivity index (χ0n) is 42.3. The number of ketones is 2. The van der Waals surface area contributed by atoms with E-state index in [1.807, 2.05) is 65.0 Å². The van der Waals surface area contributed by atoms with Gasteiger partial charge in [-0.15, -0.1) is 0 Å². The number of nitrogens with zero attached hydrogens (tertiary/aromatic N) is 1. The molecule has 2 bridgehead atoms. The number of Topliss-reactive ketones (excluding diaryl/α,β-unsaturated/α-hetero) is 2. The lowest BCUT2D eigenvalue weighted by Crippen LogP contribution is -2.61. The lowest BCUT2D eigenvalue weighted by molar-refractivity contribution is -0.297. The quantitative estimate of drug-likeness (QED) is 0.236. The Hall–Kier alpha value is -3.04. The van der Waals surface area contributed by atoms with Gasteiger partial charge in [-0.25, -0.2) is 4.79 Å². The number of methoxy groups -OCH3 is 4. The van der Waals surface area contributed by atoms with Crippen LogP contribution in [0.3, 0.4) is 0 Å². The Balaban J connectivity index is 1.72. The van der Waals surface area contributed by atoms with E-state index in [9.17, 15) is 29.4 Å². The Morgan fingerprint density at radius 3 is 2.27 bits per heavy atom. The summed E-state index contributed by atoms with van der Waals surface area (Å²) in [6, 6.07) is 0. The molecule has 4 rings (SSSR count). The molecule has 15 atom stereocenters. The molecule has 8 unspecified atom stereocenters. The number of amides is 1. The standard InChI is InChI=1S/C53H85NO12/c1-33-18-14-13-15-19-34(2)44(61-9)30-41-22-20-39(7)53(64-12,66-41)32-47(57)54-25-17-16-24-52(54,8)51(60)65-45(36(4)28-40-21-23-42(55)46(29-40)62-10)31-43(56)35(3)27-38(6)49(59)50(63-11)48(58)37(5)26-33/h13-15,18-19,27,33,36-42,44-46,49-50,55,59H,16-17,20-26,28-32H2,1-12H3/t33-,36-,37?,38?,39?,40?,41+,42-,44+,45?,46?,49?,50+,52+,53?/m1/s1. The Bertz CT molecular complexity index is 1740. The maximum atomic E-state index is 14.8. The molecule has 1 aliphatic carbocycles. The van der Waals surface area contributed by atoms with Crippen LogP contribution in [0.5, 0.6) is 0 Å². The normalized spacial score (nSPS) is 38.5. The number of cyclic esters (lactones) is 1. The van der Waals surface area contributed by atoms with Crippen molar-refractivity contribution in [1.29, 1.82) is 0 Å². The summed E-state index contributed by atoms with van der Waals surface area (Å²) < 4.78 is 36.7. The first-order valence-electron chi connectivity index (χ1n) is 24.7. The zero-order chi connectivity index (χ0) is 48.9. The second-order valence-electron chi connectivity index (χ2n) is 20.5. The molecule has 1 saturated carbocycles. The van der Waals surface area contributed by atoms with E-state index in [4.69, 9.17) is 28.4 Å². The van der Waals surface area contributed by atoms with Crippen molar-refractivity contribution in [3.8, 4) is 0 Å². The molecule has 66 heavy (non-hydrogen) atoms. The maximum Gasteiger partial charge on any atom is 0.332 e. The number of ether oxygens (including phenoxy) is 6. The Labute approximate surface area is 396 Å². The molecule has 0 spiro atoms. The molecule has 13 nitrogen and oxygen atoms in total. The fraction of sp³-hybridized carbons (Fsp3) is 0.774. The molecule has 0 aromatic heterocycles. The molecule has 0 aromatic rings. The van der Waals surface area contributed by atoms with Crippen LogP contribution in [0.25, 0.3) is 0 Å². The molecule has 374 valence electrons. The Morgan fingerprint density at radius 1 is 0.879 bits per heavy atom. The molecule has 0 radical (unpaired) electrons. The van der Waals surface area contributed by atoms with E-state index in [-0.39, 0.29) is 72.3 Å². The van der Waals surface area contributed by atoms with Crippen molar-refractivity contribution in [1.82, 2.24) is 4.90 Å². The predicted molar refractivity (Wildman–Crippen MR) is 254 cm³/mol. The van der Waals surface area contributed by atoms with Crippen LogP contribution in [0.4, 0.5) is 0 Å². The van der Waals surface area contributed by atoms with Gasteiger partial charge in [0.05, 0.1) is 36.9 Å². The SMILES string of the molecule is COC1CC(C[C@@H](C)C2CC(=O)C(C)=CC(C)C(O)[C@@H](OC)C(=O)C(C)C[C@H](C)C=CC=CC=C(C)[C@@H](OC)C[C@@H]3CCC(C)C(OC)(CC(=O)N4CCCC[C@@]4(C)C(=O)O2)O3)CC[C@H]1O. The van der Waals surface area contributed by atoms with Crippen LogP contribution >= 0.6 is 0 Å². The number of hydrogen-bond donors (Lipinski definition) is 2. The summed E-state index contributed by atoms with van der Waals surface area (Å²) in [5.74, 6) is -3.71. The summed E-state index contributed by atoms with van der Waals surface area (Å²) in [6.45, 7) is 15.5. The minimum atomic E-state index is -1.31. The van der Waals surface area contributed by atoms with Crippen molar-refractivity contribution in [2.45, 2.75) is 193 Å². The molecule has 13 heteroatoms. The van der Waals surface area contributed by atoms with E-state index in [0.717, 1.165) is 24.8 Å². The first kappa shape index (κ1) is 55.6. The van der Waals surface area contributed by atoms with Gasteiger partial charge in [-0.1, -0.05) is 71.1 Å². The number of aliphatic hydroxyl groups is 2. The van der Waals surface area contributed by atoms with Gasteiger partial charge >= 0.3 is 5.97 Å². The number of hydrogen-bond acceptors (Lipinski definition) is 12. The molecule has 0 aromatic carbocycles. The topological polar surface area (TPSA) is 167 Å². The van der Waals surface area contributed by atoms with Crippen LogP contribution in [0.1, 0.15) is 139 Å². The third kappa shape index (κ3) is 14.3. The number of allylic oxidation sites excluding steroid dienone is 6. The Morgan fingerprint density at radius 2 is 1.61 bits per heavy atom. The molecule has 3 heterocycles. The largest absolute Gasteiger partial charge is 0.460 e. The van der Waals surface area contributed by atoms with Crippen LogP contribution < -0.4 is 0 Å². The molecular formula is C53H85NO12. The number of carbonyl (C=O) groups excluding carboxylic acids is 4. The van der Waals surface area contributed by atoms with Gasteiger partial charge in [0, 0.05) is 65.6 Å². The van der Waals surface area contributed by atoms with Crippen molar-refractivity contribution in [2.75, 3.05) is 35.0 Å². The number of rotatable bonds is 7. The van der Waals surface area contributed by atoms with Gasteiger partial charge in [0.15, 0.2) is 17.4 Å². The van der Waals surface area contributed by atoms with Crippen molar-refractivity contribution in [3.05, 3.63) is 47.6 Å². The molecule has 2 saturated heterocycles. The molecular weight excluding hydrogens is 843 g/mol. The monoisotopic (exact) mass is 928 g/mol. The summed E-state index contributed by atoms with van der Waals surface area (Å²) >= 11 is 0. The predicted octanol–water partition coefficient (Wildman–Crippen LogP) is 8.05. The van der Waals surface area contributed by atoms with Crippen LogP contribution in [-0.2, 0) is 47.6 Å². The van der Waals surface area contributed by atoms with Crippen LogP contribution in [0, 0.1) is 35.5 Å². The van der Waals surface area contributed by atoms with E-state index in [0.29, 0.717) is 63.5 Å². The van der Waals surface area contributed by atoms with Crippen LogP contribution in [-0.4, -0.2) is 128 Å². The molecule has 1 amide bonds. The maximum absolute atomic E-state index is 14.8. The van der Waals surface area contributed by atoms with Crippen molar-refractivity contribution >= 4 is 23.4 Å². The van der Waals surface area contributed by atoms with E-state index in [1.165, 1.54) is 7.11 Å². The van der Waals surface area contributed by atoms with Gasteiger partial charge in [-0.2, -0.15) is 0 Å². The zero-order valence-corrected chi connectivity index (χ0v) is 42.3. The molecule has 2 N–H and O–H groups in total. The van der Waals surface area contributed by atoms with Crippen LogP contribution in [0.2, 0.25) is 0 Å². The second kappa shape index (κ2) is 25.5. The average molecular weight is 928 g/mol. The molecule has 4 aliphatic rings. The van der Waals surface area contributed by atoms with Gasteiger partial charge in [0.25, 0.3) is 0 Å². The highest BCUT2D eigenvalue weighted by Gasteiger charge is 2.51. The lowest BCUT2D eigenvalue weighted by atomic mass is 9.78. The first-order chi connectivity index (χ1) is 31.2. The van der Waals surface area contributed by atoms with Crippen molar-refractivity contribution in [3.63, 3.8) is 0 Å². The Kier molecular flexibility index (Phi) is 21.5. The highest BCUT2D eigenvalue weighted by molar-refractivity contribution is 5.95. The van der Waals surface area contributed by atoms with Gasteiger partial charge < -0.3 is 43.5 Å². The summed E-state index contributed by atoms with van der Waals surface area (Å²) in [6.07, 6.45) is 14.0. The third-order valence-corrected chi connectivity index (χ3v) is 15.4. The summed E-state index contributed by atoms with van der Waals surface area (Å²) in [4.78, 5) is 59.1. The first-order valence-corrected chi connectivity index (χ1v) is 24.7. The van der Waals surface area contributed by atoms with E-state index in [1.54, 1.807) is 53.1 Å². The van der Waals surface area contributed by atoms with E-state index < -0.39 is 53.5 Å². The number of aliphatic hydroxyl groups excluding tert-OH is 2. The van der Waals surface area contributed by atoms with E-state index in [2.05, 4.69) is 0 Å². The van der Waals surface area contributed by atoms with E-state index >= 15 is 0 Å².